The molecule has 1 unspecified atom stereocenters. The Bertz CT molecular complexity index is 163. The van der Waals surface area contributed by atoms with Crippen molar-refractivity contribution in [3.63, 3.8) is 0 Å². The van der Waals surface area contributed by atoms with Gasteiger partial charge in [-0.05, 0) is 17.8 Å². The molecule has 1 atom stereocenters. The first-order valence-electron chi connectivity index (χ1n) is 4.14. The van der Waals surface area contributed by atoms with Gasteiger partial charge in [0.2, 0.25) is 0 Å². The molecule has 0 N–H and O–H groups in total. The van der Waals surface area contributed by atoms with Crippen LogP contribution in [0.4, 0.5) is 0 Å². The highest BCUT2D eigenvalue weighted by Crippen LogP contribution is 2.39. The molecule has 1 aliphatic carbocycles. The standard InChI is InChI=1S/C9H15ClO/c1-9(2)4-3-8(11)5-7(9)6-10/h7H,3-6H2,1-2H3. The van der Waals surface area contributed by atoms with Gasteiger partial charge >= 0.3 is 0 Å². The van der Waals surface area contributed by atoms with Gasteiger partial charge in [-0.25, -0.2) is 0 Å². The van der Waals surface area contributed by atoms with Gasteiger partial charge in [0.05, 0.1) is 0 Å². The summed E-state index contributed by atoms with van der Waals surface area (Å²) in [4.78, 5) is 11.1. The minimum absolute atomic E-state index is 0.273. The van der Waals surface area contributed by atoms with E-state index < -0.39 is 0 Å². The lowest BCUT2D eigenvalue weighted by molar-refractivity contribution is -0.123. The van der Waals surface area contributed by atoms with Crippen LogP contribution < -0.4 is 0 Å². The normalized spacial score (nSPS) is 30.5. The highest BCUT2D eigenvalue weighted by Gasteiger charge is 2.34. The van der Waals surface area contributed by atoms with E-state index in [-0.39, 0.29) is 5.41 Å². The van der Waals surface area contributed by atoms with Crippen LogP contribution in [0.15, 0.2) is 0 Å². The van der Waals surface area contributed by atoms with E-state index in [1.165, 1.54) is 0 Å². The van der Waals surface area contributed by atoms with Crippen LogP contribution >= 0.6 is 11.6 Å². The maximum absolute atomic E-state index is 11.1. The third-order valence-electron chi connectivity index (χ3n) is 2.81. The molecule has 0 heterocycles. The van der Waals surface area contributed by atoms with Crippen molar-refractivity contribution in [3.05, 3.63) is 0 Å². The van der Waals surface area contributed by atoms with Crippen molar-refractivity contribution in [2.45, 2.75) is 33.1 Å². The highest BCUT2D eigenvalue weighted by molar-refractivity contribution is 6.18. The Morgan fingerprint density at radius 2 is 2.27 bits per heavy atom. The minimum atomic E-state index is 0.273. The van der Waals surface area contributed by atoms with E-state index in [0.717, 1.165) is 12.8 Å². The lowest BCUT2D eigenvalue weighted by Crippen LogP contribution is -2.33. The van der Waals surface area contributed by atoms with Crippen molar-refractivity contribution in [3.8, 4) is 0 Å². The third-order valence-corrected chi connectivity index (χ3v) is 3.19. The molecule has 1 aliphatic rings. The maximum atomic E-state index is 11.1. The summed E-state index contributed by atoms with van der Waals surface area (Å²) in [6.07, 6.45) is 2.44. The Labute approximate surface area is 73.1 Å². The van der Waals surface area contributed by atoms with E-state index in [2.05, 4.69) is 13.8 Å². The second-order valence-electron chi connectivity index (χ2n) is 4.08. The van der Waals surface area contributed by atoms with Crippen LogP contribution in [-0.4, -0.2) is 11.7 Å². The molecule has 0 amide bonds. The van der Waals surface area contributed by atoms with Crippen molar-refractivity contribution in [1.82, 2.24) is 0 Å². The van der Waals surface area contributed by atoms with Crippen molar-refractivity contribution in [2.24, 2.45) is 11.3 Å². The maximum Gasteiger partial charge on any atom is 0.133 e. The zero-order valence-electron chi connectivity index (χ0n) is 7.19. The van der Waals surface area contributed by atoms with E-state index in [4.69, 9.17) is 11.6 Å². The second kappa shape index (κ2) is 3.14. The SMILES string of the molecule is CC1(C)CCC(=O)CC1CCl. The molecule has 0 saturated heterocycles. The van der Waals surface area contributed by atoms with Crippen LogP contribution in [0.2, 0.25) is 0 Å². The minimum Gasteiger partial charge on any atom is -0.300 e. The summed E-state index contributed by atoms with van der Waals surface area (Å²) in [6.45, 7) is 4.40. The number of hydrogen-bond donors (Lipinski definition) is 0. The van der Waals surface area contributed by atoms with Gasteiger partial charge in [0.1, 0.15) is 5.78 Å². The van der Waals surface area contributed by atoms with Crippen LogP contribution in [0.1, 0.15) is 33.1 Å². The Morgan fingerprint density at radius 1 is 1.64 bits per heavy atom. The fourth-order valence-electron chi connectivity index (χ4n) is 1.58. The molecule has 0 aromatic rings. The summed E-state index contributed by atoms with van der Waals surface area (Å²) >= 11 is 5.78. The fraction of sp³-hybridized carbons (Fsp3) is 0.889. The van der Waals surface area contributed by atoms with Crippen molar-refractivity contribution < 1.29 is 4.79 Å². The second-order valence-corrected chi connectivity index (χ2v) is 4.39. The fourth-order valence-corrected chi connectivity index (χ4v) is 2.11. The molecule has 0 aliphatic heterocycles. The van der Waals surface area contributed by atoms with Gasteiger partial charge in [0.15, 0.2) is 0 Å². The van der Waals surface area contributed by atoms with Crippen LogP contribution in [0, 0.1) is 11.3 Å². The molecule has 64 valence electrons. The largest absolute Gasteiger partial charge is 0.300 e. The average molecular weight is 175 g/mol. The summed E-state index contributed by atoms with van der Waals surface area (Å²) in [6, 6.07) is 0. The first-order valence-corrected chi connectivity index (χ1v) is 4.67. The van der Waals surface area contributed by atoms with Crippen LogP contribution in [0.25, 0.3) is 0 Å². The number of alkyl halides is 1. The zero-order valence-corrected chi connectivity index (χ0v) is 7.95. The molecule has 1 fully saturated rings. The van der Waals surface area contributed by atoms with Gasteiger partial charge in [0.25, 0.3) is 0 Å². The molecule has 1 saturated carbocycles. The molecule has 0 spiro atoms. The van der Waals surface area contributed by atoms with E-state index in [1.54, 1.807) is 0 Å². The van der Waals surface area contributed by atoms with Gasteiger partial charge in [-0.15, -0.1) is 11.6 Å². The first kappa shape index (κ1) is 9.05. The average Bonchev–Trinajstić information content (AvgIpc) is 1.94. The van der Waals surface area contributed by atoms with E-state index in [9.17, 15) is 4.79 Å². The summed E-state index contributed by atoms with van der Waals surface area (Å²) < 4.78 is 0. The van der Waals surface area contributed by atoms with Crippen molar-refractivity contribution in [1.29, 1.82) is 0 Å². The number of carbonyl (C=O) groups excluding carboxylic acids is 1. The predicted octanol–water partition coefficient (Wildman–Crippen LogP) is 2.62. The van der Waals surface area contributed by atoms with Gasteiger partial charge in [-0.2, -0.15) is 0 Å². The molecule has 2 heteroatoms. The molecular weight excluding hydrogens is 160 g/mol. The molecular formula is C9H15ClO. The molecule has 1 nitrogen and oxygen atoms in total. The predicted molar refractivity (Wildman–Crippen MR) is 46.8 cm³/mol. The smallest absolute Gasteiger partial charge is 0.133 e. The lowest BCUT2D eigenvalue weighted by Gasteiger charge is -2.36. The van der Waals surface area contributed by atoms with E-state index >= 15 is 0 Å². The van der Waals surface area contributed by atoms with Gasteiger partial charge < -0.3 is 0 Å². The zero-order chi connectivity index (χ0) is 8.48. The Balaban J connectivity index is 2.63. The number of rotatable bonds is 1. The van der Waals surface area contributed by atoms with Gasteiger partial charge in [-0.3, -0.25) is 4.79 Å². The summed E-state index contributed by atoms with van der Waals surface area (Å²) in [5.74, 6) is 1.40. The Morgan fingerprint density at radius 3 is 2.73 bits per heavy atom. The lowest BCUT2D eigenvalue weighted by atomic mass is 9.69. The summed E-state index contributed by atoms with van der Waals surface area (Å²) in [5, 5.41) is 0. The van der Waals surface area contributed by atoms with Crippen LogP contribution in [0.3, 0.4) is 0 Å². The molecule has 0 bridgehead atoms. The Hall–Kier alpha value is -0.0400. The van der Waals surface area contributed by atoms with Crippen LogP contribution in [0.5, 0.6) is 0 Å². The first-order chi connectivity index (χ1) is 5.06. The summed E-state index contributed by atoms with van der Waals surface area (Å²) in [5.41, 5.74) is 0.273. The van der Waals surface area contributed by atoms with Gasteiger partial charge in [0, 0.05) is 18.7 Å². The number of halogens is 1. The quantitative estimate of drug-likeness (QED) is 0.559. The topological polar surface area (TPSA) is 17.1 Å². The number of carbonyl (C=O) groups is 1. The number of ketones is 1. The highest BCUT2D eigenvalue weighted by atomic mass is 35.5. The van der Waals surface area contributed by atoms with Crippen molar-refractivity contribution >= 4 is 17.4 Å². The molecule has 0 aromatic carbocycles. The molecule has 1 rings (SSSR count). The molecule has 11 heavy (non-hydrogen) atoms. The molecule has 0 radical (unpaired) electrons. The third kappa shape index (κ3) is 1.96. The summed E-state index contributed by atoms with van der Waals surface area (Å²) in [7, 11) is 0. The van der Waals surface area contributed by atoms with E-state index in [1.807, 2.05) is 0 Å². The van der Waals surface area contributed by atoms with Crippen molar-refractivity contribution in [2.75, 3.05) is 5.88 Å². The number of Topliss-reactive ketones (excluding diaryl/α,β-unsaturated/α-hetero) is 1. The van der Waals surface area contributed by atoms with E-state index in [0.29, 0.717) is 24.0 Å². The number of hydrogen-bond acceptors (Lipinski definition) is 1. The van der Waals surface area contributed by atoms with Gasteiger partial charge in [-0.1, -0.05) is 13.8 Å². The Kier molecular flexibility index (Phi) is 2.58. The molecule has 0 aromatic heterocycles. The monoisotopic (exact) mass is 174 g/mol. The van der Waals surface area contributed by atoms with Crippen LogP contribution in [-0.2, 0) is 4.79 Å².